The third-order valence-corrected chi connectivity index (χ3v) is 3.38. The summed E-state index contributed by atoms with van der Waals surface area (Å²) < 4.78 is 16.3. The van der Waals surface area contributed by atoms with Gasteiger partial charge >= 0.3 is 5.97 Å². The summed E-state index contributed by atoms with van der Waals surface area (Å²) in [5.74, 6) is 1.15. The number of benzene rings is 1. The van der Waals surface area contributed by atoms with Gasteiger partial charge in [0.25, 0.3) is 0 Å². The fraction of sp³-hybridized carbons (Fsp3) is 0.368. The van der Waals surface area contributed by atoms with Crippen molar-refractivity contribution in [1.29, 1.82) is 0 Å². The molecular weight excluding hydrogens is 342 g/mol. The minimum Gasteiger partial charge on any atom is -0.490 e. The predicted molar refractivity (Wildman–Crippen MR) is 99.0 cm³/mol. The normalized spacial score (nSPS) is 9.88. The summed E-state index contributed by atoms with van der Waals surface area (Å²) >= 11 is 0. The van der Waals surface area contributed by atoms with Crippen molar-refractivity contribution >= 4 is 18.4 Å². The van der Waals surface area contributed by atoms with Gasteiger partial charge in [-0.2, -0.15) is 0 Å². The molecular formula is C19H24ClNO4. The van der Waals surface area contributed by atoms with Gasteiger partial charge in [-0.1, -0.05) is 6.92 Å². The Bertz CT molecular complexity index is 674. The molecule has 0 aliphatic carbocycles. The Morgan fingerprint density at radius 1 is 1.00 bits per heavy atom. The molecule has 0 fully saturated rings. The predicted octanol–water partition coefficient (Wildman–Crippen LogP) is 4.01. The summed E-state index contributed by atoms with van der Waals surface area (Å²) in [5, 5.41) is 0. The molecule has 5 nitrogen and oxygen atoms in total. The van der Waals surface area contributed by atoms with E-state index in [1.54, 1.807) is 31.2 Å². The topological polar surface area (TPSA) is 57.7 Å². The van der Waals surface area contributed by atoms with Crippen LogP contribution in [0.25, 0.3) is 0 Å². The van der Waals surface area contributed by atoms with Gasteiger partial charge < -0.3 is 14.2 Å². The van der Waals surface area contributed by atoms with E-state index in [1.807, 2.05) is 19.1 Å². The highest BCUT2D eigenvalue weighted by molar-refractivity contribution is 5.89. The number of aryl methyl sites for hydroxylation is 2. The summed E-state index contributed by atoms with van der Waals surface area (Å²) in [6, 6.07) is 10.7. The van der Waals surface area contributed by atoms with Crippen LogP contribution in [-0.4, -0.2) is 30.8 Å². The lowest BCUT2D eigenvalue weighted by Gasteiger charge is -2.11. The van der Waals surface area contributed by atoms with Crippen molar-refractivity contribution in [2.75, 3.05) is 19.8 Å². The molecule has 1 aromatic heterocycles. The van der Waals surface area contributed by atoms with Crippen LogP contribution >= 0.6 is 12.4 Å². The first-order valence-electron chi connectivity index (χ1n) is 8.13. The van der Waals surface area contributed by atoms with E-state index in [2.05, 4.69) is 11.9 Å². The van der Waals surface area contributed by atoms with Crippen LogP contribution in [0.1, 0.15) is 35.6 Å². The van der Waals surface area contributed by atoms with Gasteiger partial charge in [0.15, 0.2) is 0 Å². The van der Waals surface area contributed by atoms with Crippen molar-refractivity contribution in [2.45, 2.75) is 27.2 Å². The van der Waals surface area contributed by atoms with Crippen molar-refractivity contribution < 1.29 is 19.0 Å². The van der Waals surface area contributed by atoms with Crippen LogP contribution < -0.4 is 9.47 Å². The molecule has 2 aromatic rings. The Morgan fingerprint density at radius 2 is 1.68 bits per heavy atom. The molecule has 0 unspecified atom stereocenters. The standard InChI is InChI=1S/C19H23NO4.ClH/c1-4-17-18(11-6-14(3)20-17)24-13-12-23-16-9-7-15(8-10-16)19(21)22-5-2;/h6-11H,4-5,12-13H2,1-3H3;1H. The lowest BCUT2D eigenvalue weighted by Crippen LogP contribution is -2.11. The number of carbonyl (C=O) groups excluding carboxylic acids is 1. The van der Waals surface area contributed by atoms with E-state index in [4.69, 9.17) is 14.2 Å². The quantitative estimate of drug-likeness (QED) is 0.522. The van der Waals surface area contributed by atoms with Crippen LogP contribution in [-0.2, 0) is 11.2 Å². The smallest absolute Gasteiger partial charge is 0.338 e. The van der Waals surface area contributed by atoms with E-state index in [1.165, 1.54) is 0 Å². The summed E-state index contributed by atoms with van der Waals surface area (Å²) in [4.78, 5) is 16.0. The van der Waals surface area contributed by atoms with Gasteiger partial charge in [-0.05, 0) is 56.7 Å². The van der Waals surface area contributed by atoms with Crippen molar-refractivity contribution in [3.05, 3.63) is 53.3 Å². The fourth-order valence-electron chi connectivity index (χ4n) is 2.20. The Balaban J connectivity index is 0.00000312. The van der Waals surface area contributed by atoms with Gasteiger partial charge in [-0.15, -0.1) is 12.4 Å². The van der Waals surface area contributed by atoms with Crippen molar-refractivity contribution in [3.63, 3.8) is 0 Å². The summed E-state index contributed by atoms with van der Waals surface area (Å²) in [7, 11) is 0. The zero-order chi connectivity index (χ0) is 17.4. The fourth-order valence-corrected chi connectivity index (χ4v) is 2.20. The third kappa shape index (κ3) is 6.27. The molecule has 0 spiro atoms. The van der Waals surface area contributed by atoms with E-state index >= 15 is 0 Å². The third-order valence-electron chi connectivity index (χ3n) is 3.38. The molecule has 0 amide bonds. The minimum atomic E-state index is -0.327. The van der Waals surface area contributed by atoms with Gasteiger partial charge in [0.2, 0.25) is 0 Å². The second-order valence-electron chi connectivity index (χ2n) is 5.19. The number of nitrogens with zero attached hydrogens (tertiary/aromatic N) is 1. The molecule has 0 radical (unpaired) electrons. The first-order chi connectivity index (χ1) is 11.6. The first-order valence-corrected chi connectivity index (χ1v) is 8.13. The largest absolute Gasteiger partial charge is 0.490 e. The summed E-state index contributed by atoms with van der Waals surface area (Å²) in [5.41, 5.74) is 2.45. The molecule has 0 bridgehead atoms. The number of aromatic nitrogens is 1. The zero-order valence-corrected chi connectivity index (χ0v) is 15.6. The summed E-state index contributed by atoms with van der Waals surface area (Å²) in [6.45, 7) is 7.00. The molecule has 0 aliphatic heterocycles. The van der Waals surface area contributed by atoms with Gasteiger partial charge in [0.05, 0.1) is 17.9 Å². The van der Waals surface area contributed by atoms with Crippen molar-refractivity contribution in [3.8, 4) is 11.5 Å². The molecule has 2 rings (SSSR count). The van der Waals surface area contributed by atoms with Crippen molar-refractivity contribution in [2.24, 2.45) is 0 Å². The van der Waals surface area contributed by atoms with Crippen molar-refractivity contribution in [1.82, 2.24) is 4.98 Å². The molecule has 0 N–H and O–H groups in total. The maximum Gasteiger partial charge on any atom is 0.338 e. The van der Waals surface area contributed by atoms with Crippen LogP contribution in [0.3, 0.4) is 0 Å². The average molecular weight is 366 g/mol. The monoisotopic (exact) mass is 365 g/mol. The Hall–Kier alpha value is -2.27. The maximum absolute atomic E-state index is 11.6. The second kappa shape index (κ2) is 10.6. The van der Waals surface area contributed by atoms with E-state index in [9.17, 15) is 4.79 Å². The highest BCUT2D eigenvalue weighted by atomic mass is 35.5. The van der Waals surface area contributed by atoms with Gasteiger partial charge in [-0.25, -0.2) is 4.79 Å². The van der Waals surface area contributed by atoms with E-state index < -0.39 is 0 Å². The van der Waals surface area contributed by atoms with E-state index in [0.717, 1.165) is 23.6 Å². The molecule has 0 saturated heterocycles. The molecule has 0 aliphatic rings. The molecule has 1 aromatic carbocycles. The maximum atomic E-state index is 11.6. The van der Waals surface area contributed by atoms with Crippen LogP contribution in [0.5, 0.6) is 11.5 Å². The number of rotatable bonds is 8. The first kappa shape index (κ1) is 20.8. The molecule has 0 saturated carbocycles. The number of ether oxygens (including phenoxy) is 3. The van der Waals surface area contributed by atoms with Gasteiger partial charge in [0, 0.05) is 5.69 Å². The molecule has 136 valence electrons. The Labute approximate surface area is 154 Å². The molecule has 6 heteroatoms. The van der Waals surface area contributed by atoms with Gasteiger partial charge in [-0.3, -0.25) is 4.98 Å². The minimum absolute atomic E-state index is 0. The van der Waals surface area contributed by atoms with Crippen LogP contribution in [0, 0.1) is 6.92 Å². The molecule has 25 heavy (non-hydrogen) atoms. The SMILES string of the molecule is CCOC(=O)c1ccc(OCCOc2ccc(C)nc2CC)cc1.Cl. The highest BCUT2D eigenvalue weighted by Crippen LogP contribution is 2.18. The van der Waals surface area contributed by atoms with Crippen LogP contribution in [0.4, 0.5) is 0 Å². The number of hydrogen-bond acceptors (Lipinski definition) is 5. The summed E-state index contributed by atoms with van der Waals surface area (Å²) in [6.07, 6.45) is 0.827. The average Bonchev–Trinajstić information content (AvgIpc) is 2.60. The highest BCUT2D eigenvalue weighted by Gasteiger charge is 2.06. The van der Waals surface area contributed by atoms with E-state index in [-0.39, 0.29) is 18.4 Å². The van der Waals surface area contributed by atoms with E-state index in [0.29, 0.717) is 31.1 Å². The molecule has 0 atom stereocenters. The number of pyridine rings is 1. The second-order valence-corrected chi connectivity index (χ2v) is 5.19. The molecule has 1 heterocycles. The van der Waals surface area contributed by atoms with Crippen LogP contribution in [0.2, 0.25) is 0 Å². The zero-order valence-electron chi connectivity index (χ0n) is 14.8. The number of carbonyl (C=O) groups is 1. The number of hydrogen-bond donors (Lipinski definition) is 0. The number of halogens is 1. The van der Waals surface area contributed by atoms with Crippen LogP contribution in [0.15, 0.2) is 36.4 Å². The Morgan fingerprint density at radius 3 is 2.32 bits per heavy atom. The number of esters is 1. The lowest BCUT2D eigenvalue weighted by atomic mass is 10.2. The lowest BCUT2D eigenvalue weighted by molar-refractivity contribution is 0.0526. The Kier molecular flexibility index (Phi) is 8.78. The van der Waals surface area contributed by atoms with Gasteiger partial charge in [0.1, 0.15) is 24.7 Å².